The molecule has 0 unspecified atom stereocenters. The van der Waals surface area contributed by atoms with Gasteiger partial charge in [-0.05, 0) is 30.4 Å². The van der Waals surface area contributed by atoms with Crippen LogP contribution in [-0.4, -0.2) is 34.6 Å². The Balaban J connectivity index is 2.21. The highest BCUT2D eigenvalue weighted by molar-refractivity contribution is 6.28. The Morgan fingerprint density at radius 1 is 1.35 bits per heavy atom. The fraction of sp³-hybridized carbons (Fsp3) is 0.727. The normalized spacial score (nSPS) is 18.5. The molecule has 0 N–H and O–H groups in total. The second-order valence-electron chi connectivity index (χ2n) is 4.96. The first-order valence-electron chi connectivity index (χ1n) is 5.79. The summed E-state index contributed by atoms with van der Waals surface area (Å²) < 4.78 is 5.27. The minimum absolute atomic E-state index is 0.183. The second-order valence-corrected chi connectivity index (χ2v) is 5.29. The first-order valence-corrected chi connectivity index (χ1v) is 6.17. The monoisotopic (exact) mass is 256 g/mol. The summed E-state index contributed by atoms with van der Waals surface area (Å²) >= 11 is 5.87. The third kappa shape index (κ3) is 2.97. The number of anilines is 1. The zero-order chi connectivity index (χ0) is 12.5. The van der Waals surface area contributed by atoms with Crippen LogP contribution in [0, 0.1) is 5.41 Å². The number of rotatable bonds is 3. The van der Waals surface area contributed by atoms with Crippen molar-refractivity contribution in [3.05, 3.63) is 5.28 Å². The molecule has 0 aromatic carbocycles. The van der Waals surface area contributed by atoms with Gasteiger partial charge in [-0.2, -0.15) is 15.0 Å². The predicted octanol–water partition coefficient (Wildman–Crippen LogP) is 2.16. The molecule has 1 aliphatic heterocycles. The van der Waals surface area contributed by atoms with E-state index in [1.54, 1.807) is 0 Å². The summed E-state index contributed by atoms with van der Waals surface area (Å²) in [5, 5.41) is 0.183. The summed E-state index contributed by atoms with van der Waals surface area (Å²) in [7, 11) is 0. The number of hydrogen-bond acceptors (Lipinski definition) is 5. The van der Waals surface area contributed by atoms with Gasteiger partial charge in [0.2, 0.25) is 11.2 Å². The maximum Gasteiger partial charge on any atom is 0.322 e. The SMILES string of the molecule is CCOc1nc(Cl)nc(N2CCC(C)(C)C2)n1. The van der Waals surface area contributed by atoms with E-state index in [2.05, 4.69) is 33.7 Å². The van der Waals surface area contributed by atoms with Crippen LogP contribution in [0.1, 0.15) is 27.2 Å². The van der Waals surface area contributed by atoms with Crippen molar-refractivity contribution in [3.8, 4) is 6.01 Å². The van der Waals surface area contributed by atoms with Gasteiger partial charge in [0.1, 0.15) is 0 Å². The number of nitrogens with zero attached hydrogens (tertiary/aromatic N) is 4. The molecule has 0 saturated carbocycles. The zero-order valence-electron chi connectivity index (χ0n) is 10.4. The van der Waals surface area contributed by atoms with Crippen LogP contribution in [0.3, 0.4) is 0 Å². The van der Waals surface area contributed by atoms with Crippen molar-refractivity contribution in [2.45, 2.75) is 27.2 Å². The number of halogens is 1. The van der Waals surface area contributed by atoms with E-state index in [-0.39, 0.29) is 5.28 Å². The Bertz CT molecular complexity index is 410. The minimum atomic E-state index is 0.183. The fourth-order valence-corrected chi connectivity index (χ4v) is 2.09. The van der Waals surface area contributed by atoms with Crippen LogP contribution in [0.4, 0.5) is 5.95 Å². The van der Waals surface area contributed by atoms with Crippen LogP contribution in [0.25, 0.3) is 0 Å². The Morgan fingerprint density at radius 3 is 2.71 bits per heavy atom. The Morgan fingerprint density at radius 2 is 2.12 bits per heavy atom. The lowest BCUT2D eigenvalue weighted by atomic mass is 9.93. The second kappa shape index (κ2) is 4.64. The highest BCUT2D eigenvalue weighted by atomic mass is 35.5. The molecule has 2 heterocycles. The van der Waals surface area contributed by atoms with Crippen LogP contribution >= 0.6 is 11.6 Å². The Hall–Kier alpha value is -1.10. The van der Waals surface area contributed by atoms with Gasteiger partial charge in [0.05, 0.1) is 6.61 Å². The molecular formula is C11H17ClN4O. The number of hydrogen-bond donors (Lipinski definition) is 0. The lowest BCUT2D eigenvalue weighted by Crippen LogP contribution is -2.25. The van der Waals surface area contributed by atoms with E-state index >= 15 is 0 Å². The van der Waals surface area contributed by atoms with Crippen molar-refractivity contribution in [2.75, 3.05) is 24.6 Å². The standard InChI is InChI=1S/C11H17ClN4O/c1-4-17-10-14-8(12)13-9(15-10)16-6-5-11(2,3)7-16/h4-7H2,1-3H3. The predicted molar refractivity (Wildman–Crippen MR) is 66.6 cm³/mol. The van der Waals surface area contributed by atoms with Gasteiger partial charge in [0, 0.05) is 13.1 Å². The van der Waals surface area contributed by atoms with E-state index in [1.807, 2.05) is 6.92 Å². The zero-order valence-corrected chi connectivity index (χ0v) is 11.2. The van der Waals surface area contributed by atoms with E-state index < -0.39 is 0 Å². The van der Waals surface area contributed by atoms with Crippen molar-refractivity contribution in [1.82, 2.24) is 15.0 Å². The summed E-state index contributed by atoms with van der Waals surface area (Å²) in [5.74, 6) is 0.610. The summed E-state index contributed by atoms with van der Waals surface area (Å²) in [5.41, 5.74) is 0.297. The fourth-order valence-electron chi connectivity index (χ4n) is 1.94. The molecule has 1 aliphatic rings. The van der Waals surface area contributed by atoms with Gasteiger partial charge in [-0.3, -0.25) is 0 Å². The molecule has 94 valence electrons. The summed E-state index contributed by atoms with van der Waals surface area (Å²) in [6.07, 6.45) is 1.13. The van der Waals surface area contributed by atoms with Crippen LogP contribution in [0.5, 0.6) is 6.01 Å². The smallest absolute Gasteiger partial charge is 0.322 e. The quantitative estimate of drug-likeness (QED) is 0.830. The van der Waals surface area contributed by atoms with Crippen molar-refractivity contribution in [2.24, 2.45) is 5.41 Å². The number of aromatic nitrogens is 3. The van der Waals surface area contributed by atoms with Gasteiger partial charge in [-0.1, -0.05) is 13.8 Å². The Labute approximate surface area is 106 Å². The summed E-state index contributed by atoms with van der Waals surface area (Å²) in [6.45, 7) is 8.75. The minimum Gasteiger partial charge on any atom is -0.464 e. The highest BCUT2D eigenvalue weighted by Crippen LogP contribution is 2.31. The van der Waals surface area contributed by atoms with Crippen molar-refractivity contribution < 1.29 is 4.74 Å². The average molecular weight is 257 g/mol. The molecule has 0 bridgehead atoms. The van der Waals surface area contributed by atoms with Gasteiger partial charge >= 0.3 is 6.01 Å². The van der Waals surface area contributed by atoms with Crippen molar-refractivity contribution in [3.63, 3.8) is 0 Å². The topological polar surface area (TPSA) is 51.1 Å². The van der Waals surface area contributed by atoms with Gasteiger partial charge in [-0.15, -0.1) is 0 Å². The Kier molecular flexibility index (Phi) is 3.38. The molecule has 5 nitrogen and oxygen atoms in total. The first-order chi connectivity index (χ1) is 8.00. The molecule has 0 aliphatic carbocycles. The van der Waals surface area contributed by atoms with Crippen LogP contribution in [0.2, 0.25) is 5.28 Å². The van der Waals surface area contributed by atoms with E-state index in [9.17, 15) is 0 Å². The van der Waals surface area contributed by atoms with Gasteiger partial charge in [0.25, 0.3) is 0 Å². The molecule has 6 heteroatoms. The third-order valence-electron chi connectivity index (χ3n) is 2.81. The molecule has 0 amide bonds. The molecule has 0 atom stereocenters. The molecule has 1 saturated heterocycles. The van der Waals surface area contributed by atoms with Crippen LogP contribution in [0.15, 0.2) is 0 Å². The maximum atomic E-state index is 5.87. The lowest BCUT2D eigenvalue weighted by molar-refractivity contribution is 0.311. The van der Waals surface area contributed by atoms with E-state index in [0.717, 1.165) is 19.5 Å². The first kappa shape index (κ1) is 12.4. The maximum absolute atomic E-state index is 5.87. The lowest BCUT2D eigenvalue weighted by Gasteiger charge is -2.19. The molecular weight excluding hydrogens is 240 g/mol. The molecule has 1 aromatic rings. The van der Waals surface area contributed by atoms with Crippen LogP contribution in [-0.2, 0) is 0 Å². The van der Waals surface area contributed by atoms with Crippen LogP contribution < -0.4 is 9.64 Å². The van der Waals surface area contributed by atoms with Gasteiger partial charge < -0.3 is 9.64 Å². The molecule has 1 aromatic heterocycles. The van der Waals surface area contributed by atoms with Gasteiger partial charge in [-0.25, -0.2) is 0 Å². The molecule has 1 fully saturated rings. The molecule has 0 spiro atoms. The average Bonchev–Trinajstić information content (AvgIpc) is 2.58. The summed E-state index contributed by atoms with van der Waals surface area (Å²) in [4.78, 5) is 14.5. The molecule has 0 radical (unpaired) electrons. The highest BCUT2D eigenvalue weighted by Gasteiger charge is 2.31. The van der Waals surface area contributed by atoms with E-state index in [1.165, 1.54) is 0 Å². The van der Waals surface area contributed by atoms with Crippen molar-refractivity contribution >= 4 is 17.5 Å². The largest absolute Gasteiger partial charge is 0.464 e. The molecule has 17 heavy (non-hydrogen) atoms. The summed E-state index contributed by atoms with van der Waals surface area (Å²) in [6, 6.07) is 0.298. The third-order valence-corrected chi connectivity index (χ3v) is 2.98. The molecule has 2 rings (SSSR count). The number of ether oxygens (including phenoxy) is 1. The van der Waals surface area contributed by atoms with Gasteiger partial charge in [0.15, 0.2) is 0 Å². The van der Waals surface area contributed by atoms with E-state index in [4.69, 9.17) is 16.3 Å². The van der Waals surface area contributed by atoms with Crippen molar-refractivity contribution in [1.29, 1.82) is 0 Å². The van der Waals surface area contributed by atoms with E-state index in [0.29, 0.717) is 24.0 Å².